The maximum Gasteiger partial charge on any atom is 0.273 e. The number of amides is 1. The Balaban J connectivity index is 1.82. The molecule has 0 saturated heterocycles. The molecule has 0 aliphatic carbocycles. The van der Waals surface area contributed by atoms with Gasteiger partial charge in [0.05, 0.1) is 35.0 Å². The van der Waals surface area contributed by atoms with E-state index in [1.165, 1.54) is 16.9 Å². The van der Waals surface area contributed by atoms with Gasteiger partial charge in [0.25, 0.3) is 5.91 Å². The Bertz CT molecular complexity index is 1220. The van der Waals surface area contributed by atoms with Crippen LogP contribution in [0.1, 0.15) is 43.3 Å². The molecule has 1 atom stereocenters. The lowest BCUT2D eigenvalue weighted by Crippen LogP contribution is -2.31. The quantitative estimate of drug-likeness (QED) is 0.727. The number of aromatic nitrogens is 5. The molecule has 27 heavy (non-hydrogen) atoms. The first-order valence-electron chi connectivity index (χ1n) is 11.1. The Kier molecular flexibility index (Phi) is 2.65. The van der Waals surface area contributed by atoms with Gasteiger partial charge in [-0.2, -0.15) is 10.2 Å². The molecule has 1 amide bonds. The summed E-state index contributed by atoms with van der Waals surface area (Å²) in [5.41, 5.74) is 1.53. The van der Waals surface area contributed by atoms with Gasteiger partial charge in [-0.3, -0.25) is 4.79 Å². The Hall–Kier alpha value is -3.49. The number of carbonyl (C=O) groups is 1. The Morgan fingerprint density at radius 2 is 2.19 bits per heavy atom. The number of nitrogens with one attached hydrogen (secondary N) is 2. The van der Waals surface area contributed by atoms with Gasteiger partial charge in [-0.1, -0.05) is 6.07 Å². The van der Waals surface area contributed by atoms with Gasteiger partial charge in [0.2, 0.25) is 0 Å². The largest absolute Gasteiger partial charge is 0.361 e. The third kappa shape index (κ3) is 2.67. The summed E-state index contributed by atoms with van der Waals surface area (Å²) >= 11 is 0. The van der Waals surface area contributed by atoms with Crippen molar-refractivity contribution in [2.75, 3.05) is 24.2 Å². The third-order valence-electron chi connectivity index (χ3n) is 4.28. The van der Waals surface area contributed by atoms with Crippen LogP contribution in [-0.4, -0.2) is 44.9 Å². The van der Waals surface area contributed by atoms with Gasteiger partial charge < -0.3 is 15.5 Å². The number of hydrogen-bond donors (Lipinski definition) is 2. The van der Waals surface area contributed by atoms with Gasteiger partial charge in [0, 0.05) is 22.2 Å². The molecule has 1 aliphatic rings. The van der Waals surface area contributed by atoms with Crippen LogP contribution >= 0.6 is 0 Å². The van der Waals surface area contributed by atoms with Crippen LogP contribution in [0.3, 0.4) is 0 Å². The van der Waals surface area contributed by atoms with Crippen molar-refractivity contribution in [3.63, 3.8) is 0 Å². The molecule has 4 rings (SSSR count). The molecule has 0 saturated carbocycles. The van der Waals surface area contributed by atoms with E-state index in [0.29, 0.717) is 28.7 Å². The van der Waals surface area contributed by atoms with Gasteiger partial charge in [0.15, 0.2) is 11.5 Å². The van der Waals surface area contributed by atoms with Crippen LogP contribution in [0.5, 0.6) is 0 Å². The SMILES string of the molecule is [2H]C([2H])([2H])NC(=O)c1nnccc1Nc1cccc2c1N(C)C(C([2H])([2H])[2H])c1nc(C)nn1-2. The second-order valence-electron chi connectivity index (χ2n) is 5.99. The maximum atomic E-state index is 12.5. The minimum Gasteiger partial charge on any atom is -0.361 e. The lowest BCUT2D eigenvalue weighted by molar-refractivity contribution is 0.0958. The van der Waals surface area contributed by atoms with Crippen molar-refractivity contribution >= 4 is 23.0 Å². The monoisotopic (exact) mass is 370 g/mol. The molecule has 3 heterocycles. The van der Waals surface area contributed by atoms with Crippen molar-refractivity contribution in [3.05, 3.63) is 47.8 Å². The van der Waals surface area contributed by atoms with Crippen LogP contribution in [0.4, 0.5) is 17.1 Å². The fourth-order valence-corrected chi connectivity index (χ4v) is 3.07. The normalized spacial score (nSPS) is 19.3. The molecular formula is C18H20N8O. The first kappa shape index (κ1) is 11.3. The van der Waals surface area contributed by atoms with E-state index in [4.69, 9.17) is 8.22 Å². The van der Waals surface area contributed by atoms with Gasteiger partial charge in [-0.15, -0.1) is 5.10 Å². The smallest absolute Gasteiger partial charge is 0.273 e. The fraction of sp³-hybridized carbons (Fsp3) is 0.278. The molecule has 2 aromatic heterocycles. The summed E-state index contributed by atoms with van der Waals surface area (Å²) in [4.78, 5) is 18.4. The van der Waals surface area contributed by atoms with Crippen LogP contribution in [0.15, 0.2) is 30.5 Å². The minimum absolute atomic E-state index is 0.194. The van der Waals surface area contributed by atoms with Crippen LogP contribution in [-0.2, 0) is 0 Å². The number of aryl methyl sites for hydroxylation is 1. The van der Waals surface area contributed by atoms with E-state index in [1.54, 1.807) is 37.1 Å². The Morgan fingerprint density at radius 1 is 1.30 bits per heavy atom. The summed E-state index contributed by atoms with van der Waals surface area (Å²) in [7, 11) is 1.64. The number of anilines is 3. The van der Waals surface area contributed by atoms with Crippen molar-refractivity contribution in [2.45, 2.75) is 19.8 Å². The molecule has 0 spiro atoms. The Labute approximate surface area is 164 Å². The highest BCUT2D eigenvalue weighted by molar-refractivity contribution is 5.98. The first-order chi connectivity index (χ1) is 15.4. The van der Waals surface area contributed by atoms with Gasteiger partial charge in [-0.25, -0.2) is 9.67 Å². The molecule has 3 aromatic rings. The molecule has 1 aromatic carbocycles. The number of fused-ring (bicyclic) bond motifs is 3. The third-order valence-corrected chi connectivity index (χ3v) is 4.28. The van der Waals surface area contributed by atoms with Gasteiger partial charge >= 0.3 is 0 Å². The summed E-state index contributed by atoms with van der Waals surface area (Å²) in [5.74, 6) is -0.206. The highest BCUT2D eigenvalue weighted by atomic mass is 16.1. The molecule has 1 unspecified atom stereocenters. The maximum absolute atomic E-state index is 12.5. The van der Waals surface area contributed by atoms with Crippen molar-refractivity contribution in [1.29, 1.82) is 0 Å². The van der Waals surface area contributed by atoms with Crippen molar-refractivity contribution in [1.82, 2.24) is 30.3 Å². The summed E-state index contributed by atoms with van der Waals surface area (Å²) in [6.07, 6.45) is 1.34. The summed E-state index contributed by atoms with van der Waals surface area (Å²) in [6.45, 7) is -3.42. The van der Waals surface area contributed by atoms with Crippen LogP contribution in [0.2, 0.25) is 0 Å². The van der Waals surface area contributed by atoms with Crippen LogP contribution in [0.25, 0.3) is 5.69 Å². The van der Waals surface area contributed by atoms with Crippen LogP contribution < -0.4 is 15.5 Å². The molecule has 0 radical (unpaired) electrons. The zero-order chi connectivity index (χ0) is 24.1. The number of benzene rings is 1. The molecule has 9 heteroatoms. The topological polar surface area (TPSA) is 101 Å². The Morgan fingerprint density at radius 3 is 3.00 bits per heavy atom. The van der Waals surface area contributed by atoms with Crippen LogP contribution in [0, 0.1) is 6.92 Å². The number of rotatable bonds is 3. The first-order valence-corrected chi connectivity index (χ1v) is 8.08. The van der Waals surface area contributed by atoms with E-state index in [9.17, 15) is 4.79 Å². The van der Waals surface area contributed by atoms with Crippen molar-refractivity contribution in [3.8, 4) is 5.69 Å². The number of para-hydroxylation sites is 1. The summed E-state index contributed by atoms with van der Waals surface area (Å²) in [6, 6.07) is 5.62. The lowest BCUT2D eigenvalue weighted by Gasteiger charge is -2.34. The predicted molar refractivity (Wildman–Crippen MR) is 102 cm³/mol. The summed E-state index contributed by atoms with van der Waals surface area (Å²) in [5, 5.41) is 16.8. The highest BCUT2D eigenvalue weighted by Crippen LogP contribution is 2.42. The summed E-state index contributed by atoms with van der Waals surface area (Å²) < 4.78 is 47.5. The zero-order valence-electron chi connectivity index (χ0n) is 20.6. The molecule has 2 N–H and O–H groups in total. The standard InChI is InChI=1S/C18H20N8O/c1-10-17-21-11(2)24-26(17)14-7-5-6-13(16(14)25(10)4)22-12-8-9-20-23-15(12)18(27)19-3/h5-10H,1-4H3,(H,19,27)(H,20,22)/i1D3,3D3. The number of hydrogen-bond acceptors (Lipinski definition) is 7. The van der Waals surface area contributed by atoms with Crippen molar-refractivity contribution < 1.29 is 13.0 Å². The molecular weight excluding hydrogens is 344 g/mol. The molecule has 138 valence electrons. The molecule has 0 bridgehead atoms. The van der Waals surface area contributed by atoms with Gasteiger partial charge in [-0.05, 0) is 32.0 Å². The van der Waals surface area contributed by atoms with E-state index in [2.05, 4.69) is 25.6 Å². The van der Waals surface area contributed by atoms with E-state index in [-0.39, 0.29) is 11.4 Å². The predicted octanol–water partition coefficient (Wildman–Crippen LogP) is 1.98. The molecule has 1 aliphatic heterocycles. The van der Waals surface area contributed by atoms with E-state index in [1.807, 2.05) is 5.32 Å². The van der Waals surface area contributed by atoms with Crippen molar-refractivity contribution in [2.24, 2.45) is 0 Å². The molecule has 0 fully saturated rings. The fourth-order valence-electron chi connectivity index (χ4n) is 3.07. The highest BCUT2D eigenvalue weighted by Gasteiger charge is 2.30. The van der Waals surface area contributed by atoms with E-state index >= 15 is 0 Å². The van der Waals surface area contributed by atoms with E-state index < -0.39 is 25.8 Å². The molecule has 9 nitrogen and oxygen atoms in total. The number of nitrogens with zero attached hydrogens (tertiary/aromatic N) is 6. The van der Waals surface area contributed by atoms with E-state index in [0.717, 1.165) is 0 Å². The zero-order valence-corrected chi connectivity index (χ0v) is 14.6. The second kappa shape index (κ2) is 6.35. The van der Waals surface area contributed by atoms with Gasteiger partial charge in [0.1, 0.15) is 5.82 Å². The average molecular weight is 370 g/mol. The second-order valence-corrected chi connectivity index (χ2v) is 5.99. The minimum atomic E-state index is -2.70. The number of carbonyl (C=O) groups excluding carboxylic acids is 1. The average Bonchev–Trinajstić information content (AvgIpc) is 3.07. The lowest BCUT2D eigenvalue weighted by atomic mass is 10.1.